The van der Waals surface area contributed by atoms with Crippen LogP contribution in [0.25, 0.3) is 11.1 Å². The first-order valence-electron chi connectivity index (χ1n) is 11.8. The molecule has 1 fully saturated rings. The predicted octanol–water partition coefficient (Wildman–Crippen LogP) is 3.64. The molecule has 0 bridgehead atoms. The van der Waals surface area contributed by atoms with Gasteiger partial charge in [-0.1, -0.05) is 48.5 Å². The van der Waals surface area contributed by atoms with Crippen molar-refractivity contribution in [2.75, 3.05) is 33.4 Å². The number of carboxylic acids is 1. The maximum Gasteiger partial charge on any atom is 0.408 e. The number of alkyl carbamates (subject to hydrolysis) is 1. The number of carboxylic acid groups (broad SMARTS) is 1. The van der Waals surface area contributed by atoms with E-state index in [4.69, 9.17) is 9.47 Å². The van der Waals surface area contributed by atoms with Crippen LogP contribution in [0.2, 0.25) is 0 Å². The van der Waals surface area contributed by atoms with Crippen molar-refractivity contribution in [3.63, 3.8) is 0 Å². The lowest BCUT2D eigenvalue weighted by Gasteiger charge is -2.41. The number of amides is 2. The third-order valence-electron chi connectivity index (χ3n) is 7.13. The summed E-state index contributed by atoms with van der Waals surface area (Å²) in [6.45, 7) is 3.77. The largest absolute Gasteiger partial charge is 0.481 e. The first kappa shape index (κ1) is 24.7. The van der Waals surface area contributed by atoms with Gasteiger partial charge in [0, 0.05) is 26.1 Å². The summed E-state index contributed by atoms with van der Waals surface area (Å²) in [7, 11) is 1.45. The van der Waals surface area contributed by atoms with E-state index in [2.05, 4.69) is 17.4 Å². The minimum atomic E-state index is -1.39. The number of hydrogen-bond donors (Lipinski definition) is 2. The Morgan fingerprint density at radius 3 is 2.29 bits per heavy atom. The topological polar surface area (TPSA) is 105 Å². The number of hydrogen-bond acceptors (Lipinski definition) is 5. The number of methoxy groups -OCH3 is 1. The molecule has 2 aromatic carbocycles. The molecule has 0 saturated carbocycles. The Kier molecular flexibility index (Phi) is 6.85. The van der Waals surface area contributed by atoms with Crippen LogP contribution < -0.4 is 5.32 Å². The number of rotatable bonds is 7. The number of carbonyl (C=O) groups excluding carboxylic acids is 2. The summed E-state index contributed by atoms with van der Waals surface area (Å²) in [6, 6.07) is 16.1. The highest BCUT2D eigenvalue weighted by molar-refractivity contribution is 5.90. The smallest absolute Gasteiger partial charge is 0.408 e. The molecule has 0 spiro atoms. The summed E-state index contributed by atoms with van der Waals surface area (Å²) in [6.07, 6.45) is 0.341. The van der Waals surface area contributed by atoms with Crippen LogP contribution in [0.15, 0.2) is 48.5 Å². The van der Waals surface area contributed by atoms with E-state index < -0.39 is 23.0 Å². The summed E-state index contributed by atoms with van der Waals surface area (Å²) in [5, 5.41) is 12.3. The van der Waals surface area contributed by atoms with Crippen molar-refractivity contribution in [3.8, 4) is 11.1 Å². The van der Waals surface area contributed by atoms with E-state index in [-0.39, 0.29) is 31.6 Å². The molecular weight excluding hydrogens is 448 g/mol. The lowest BCUT2D eigenvalue weighted by molar-refractivity contribution is -0.155. The van der Waals surface area contributed by atoms with Gasteiger partial charge in [-0.3, -0.25) is 9.59 Å². The number of piperidine rings is 1. The number of fused-ring (bicyclic) bond motifs is 3. The summed E-state index contributed by atoms with van der Waals surface area (Å²) in [5.74, 6) is -1.43. The summed E-state index contributed by atoms with van der Waals surface area (Å²) >= 11 is 0. The molecule has 0 radical (unpaired) electrons. The Morgan fingerprint density at radius 2 is 1.71 bits per heavy atom. The molecule has 1 aliphatic heterocycles. The number of likely N-dealkylation sites (tertiary alicyclic amines) is 1. The molecular formula is C27H32N2O6. The fraction of sp³-hybridized carbons (Fsp3) is 0.444. The van der Waals surface area contributed by atoms with Gasteiger partial charge >= 0.3 is 12.1 Å². The van der Waals surface area contributed by atoms with Gasteiger partial charge in [-0.2, -0.15) is 0 Å². The summed E-state index contributed by atoms with van der Waals surface area (Å²) in [5.41, 5.74) is 2.03. The van der Waals surface area contributed by atoms with E-state index in [1.807, 2.05) is 36.4 Å². The first-order valence-corrected chi connectivity index (χ1v) is 11.8. The van der Waals surface area contributed by atoms with E-state index in [9.17, 15) is 19.5 Å². The number of nitrogens with one attached hydrogen (secondary N) is 1. The van der Waals surface area contributed by atoms with E-state index >= 15 is 0 Å². The van der Waals surface area contributed by atoms with Gasteiger partial charge in [0.25, 0.3) is 5.91 Å². The zero-order valence-electron chi connectivity index (χ0n) is 20.4. The van der Waals surface area contributed by atoms with Gasteiger partial charge in [0.05, 0.1) is 12.0 Å². The Morgan fingerprint density at radius 1 is 1.11 bits per heavy atom. The minimum absolute atomic E-state index is 0.0731. The highest BCUT2D eigenvalue weighted by Gasteiger charge is 2.45. The molecule has 0 aromatic heterocycles. The molecule has 4 rings (SSSR count). The lowest BCUT2D eigenvalue weighted by atomic mass is 9.81. The van der Waals surface area contributed by atoms with E-state index in [1.165, 1.54) is 12.0 Å². The molecule has 8 heteroatoms. The molecule has 8 nitrogen and oxygen atoms in total. The monoisotopic (exact) mass is 480 g/mol. The van der Waals surface area contributed by atoms with Gasteiger partial charge in [-0.15, -0.1) is 0 Å². The van der Waals surface area contributed by atoms with Crippen molar-refractivity contribution >= 4 is 18.0 Å². The molecule has 2 aromatic rings. The highest BCUT2D eigenvalue weighted by Crippen LogP contribution is 2.44. The average molecular weight is 481 g/mol. The second-order valence-corrected chi connectivity index (χ2v) is 9.91. The van der Waals surface area contributed by atoms with E-state index in [0.717, 1.165) is 22.3 Å². The molecule has 1 aliphatic carbocycles. The second kappa shape index (κ2) is 9.70. The Hall–Kier alpha value is -3.39. The SMILES string of the molecule is COCC(C)(NC(=O)OCC1c2ccccc2-c2ccccc21)C(=O)N1CCCC(C)(C(=O)O)C1. The van der Waals surface area contributed by atoms with Gasteiger partial charge in [-0.25, -0.2) is 4.79 Å². The summed E-state index contributed by atoms with van der Waals surface area (Å²) in [4.78, 5) is 39.5. The molecule has 2 amide bonds. The third-order valence-corrected chi connectivity index (χ3v) is 7.13. The van der Waals surface area contributed by atoms with Crippen LogP contribution in [0.3, 0.4) is 0 Å². The van der Waals surface area contributed by atoms with Crippen molar-refractivity contribution < 1.29 is 29.0 Å². The van der Waals surface area contributed by atoms with Crippen molar-refractivity contribution in [3.05, 3.63) is 59.7 Å². The lowest BCUT2D eigenvalue weighted by Crippen LogP contribution is -2.63. The molecule has 2 aliphatic rings. The minimum Gasteiger partial charge on any atom is -0.481 e. The molecule has 2 N–H and O–H groups in total. The van der Waals surface area contributed by atoms with Gasteiger partial charge in [-0.05, 0) is 48.9 Å². The van der Waals surface area contributed by atoms with Crippen molar-refractivity contribution in [1.82, 2.24) is 10.2 Å². The Labute approximate surface area is 205 Å². The number of aliphatic carboxylic acids is 1. The summed E-state index contributed by atoms with van der Waals surface area (Å²) < 4.78 is 10.9. The van der Waals surface area contributed by atoms with Gasteiger partial charge < -0.3 is 24.8 Å². The maximum absolute atomic E-state index is 13.4. The van der Waals surface area contributed by atoms with Gasteiger partial charge in [0.1, 0.15) is 12.1 Å². The zero-order chi connectivity index (χ0) is 25.2. The third kappa shape index (κ3) is 4.75. The number of benzene rings is 2. The molecule has 1 saturated heterocycles. The second-order valence-electron chi connectivity index (χ2n) is 9.91. The van der Waals surface area contributed by atoms with Crippen molar-refractivity contribution in [2.45, 2.75) is 38.1 Å². The fourth-order valence-corrected chi connectivity index (χ4v) is 5.24. The maximum atomic E-state index is 13.4. The normalized spacial score (nSPS) is 20.9. The van der Waals surface area contributed by atoms with Crippen LogP contribution in [0.1, 0.15) is 43.7 Å². The number of nitrogens with zero attached hydrogens (tertiary/aromatic N) is 1. The van der Waals surface area contributed by atoms with Gasteiger partial charge in [0.2, 0.25) is 0 Å². The first-order chi connectivity index (χ1) is 16.7. The molecule has 186 valence electrons. The predicted molar refractivity (Wildman–Crippen MR) is 130 cm³/mol. The fourth-order valence-electron chi connectivity index (χ4n) is 5.24. The Balaban J connectivity index is 1.46. The quantitative estimate of drug-likeness (QED) is 0.627. The van der Waals surface area contributed by atoms with E-state index in [0.29, 0.717) is 19.4 Å². The van der Waals surface area contributed by atoms with Crippen LogP contribution >= 0.6 is 0 Å². The highest BCUT2D eigenvalue weighted by atomic mass is 16.5. The van der Waals surface area contributed by atoms with E-state index in [1.54, 1.807) is 13.8 Å². The van der Waals surface area contributed by atoms with Crippen LogP contribution in [-0.4, -0.2) is 66.9 Å². The van der Waals surface area contributed by atoms with Crippen molar-refractivity contribution in [1.29, 1.82) is 0 Å². The molecule has 1 heterocycles. The Bertz CT molecular complexity index is 1090. The van der Waals surface area contributed by atoms with Crippen LogP contribution in [-0.2, 0) is 19.1 Å². The van der Waals surface area contributed by atoms with Gasteiger partial charge in [0.15, 0.2) is 0 Å². The van der Waals surface area contributed by atoms with Crippen molar-refractivity contribution in [2.24, 2.45) is 5.41 Å². The van der Waals surface area contributed by atoms with Crippen LogP contribution in [0.4, 0.5) is 4.79 Å². The molecule has 2 atom stereocenters. The molecule has 35 heavy (non-hydrogen) atoms. The number of ether oxygens (including phenoxy) is 2. The standard InChI is InChI=1S/C27H32N2O6/c1-26(24(31)32)13-8-14-29(16-26)23(30)27(2,17-34-3)28-25(33)35-15-22-20-11-6-4-9-18(20)19-10-5-7-12-21(19)22/h4-7,9-12,22H,8,13-17H2,1-3H3,(H,28,33)(H,31,32). The molecule has 2 unspecified atom stereocenters. The number of carbonyl (C=O) groups is 3. The van der Waals surface area contributed by atoms with Crippen LogP contribution in [0.5, 0.6) is 0 Å². The average Bonchev–Trinajstić information content (AvgIpc) is 3.16. The van der Waals surface area contributed by atoms with Crippen LogP contribution in [0, 0.1) is 5.41 Å². The zero-order valence-corrected chi connectivity index (χ0v) is 20.4.